The molecule has 0 bridgehead atoms. The van der Waals surface area contributed by atoms with E-state index in [1.54, 1.807) is 17.0 Å². The quantitative estimate of drug-likeness (QED) is 0.700. The third-order valence-electron chi connectivity index (χ3n) is 1.80. The van der Waals surface area contributed by atoms with E-state index in [2.05, 4.69) is 0 Å². The highest BCUT2D eigenvalue weighted by Gasteiger charge is 1.97. The highest BCUT2D eigenvalue weighted by atomic mass is 16.1. The van der Waals surface area contributed by atoms with E-state index in [4.69, 9.17) is 0 Å². The first-order valence-corrected chi connectivity index (χ1v) is 4.84. The minimum atomic E-state index is 0.128. The van der Waals surface area contributed by atoms with Crippen molar-refractivity contribution >= 4 is 5.91 Å². The van der Waals surface area contributed by atoms with Crippen molar-refractivity contribution < 1.29 is 4.79 Å². The molecule has 0 aliphatic rings. The molecule has 14 heavy (non-hydrogen) atoms. The number of nitrogens with zero attached hydrogens (tertiary/aromatic N) is 1. The fraction of sp³-hybridized carbons (Fsp3) is 0.250. The Bertz CT molecular complexity index is 316. The van der Waals surface area contributed by atoms with Crippen molar-refractivity contribution in [1.29, 1.82) is 0 Å². The SMILES string of the molecule is CCCC(=O)n1cccccccc1. The van der Waals surface area contributed by atoms with Crippen molar-refractivity contribution in [1.82, 2.24) is 4.57 Å². The molecule has 0 saturated carbocycles. The van der Waals surface area contributed by atoms with Crippen LogP contribution in [0.5, 0.6) is 0 Å². The first kappa shape index (κ1) is 10.5. The van der Waals surface area contributed by atoms with Gasteiger partial charge in [-0.1, -0.05) is 31.2 Å². The zero-order valence-electron chi connectivity index (χ0n) is 8.39. The van der Waals surface area contributed by atoms with Crippen LogP contribution in [0.2, 0.25) is 0 Å². The summed E-state index contributed by atoms with van der Waals surface area (Å²) < 4.78 is 1.61. The van der Waals surface area contributed by atoms with E-state index < -0.39 is 0 Å². The Hall–Kier alpha value is -1.57. The van der Waals surface area contributed by atoms with Gasteiger partial charge in [0.2, 0.25) is 5.91 Å². The molecule has 1 rings (SSSR count). The van der Waals surface area contributed by atoms with E-state index in [0.29, 0.717) is 6.42 Å². The molecule has 0 atom stereocenters. The Balaban J connectivity index is 2.99. The summed E-state index contributed by atoms with van der Waals surface area (Å²) in [5.41, 5.74) is 0. The predicted molar refractivity (Wildman–Crippen MR) is 57.6 cm³/mol. The van der Waals surface area contributed by atoms with E-state index in [1.165, 1.54) is 0 Å². The molecule has 0 amide bonds. The van der Waals surface area contributed by atoms with Crippen molar-refractivity contribution in [3.8, 4) is 0 Å². The summed E-state index contributed by atoms with van der Waals surface area (Å²) in [6.07, 6.45) is 5.01. The molecular formula is C12H15NO. The van der Waals surface area contributed by atoms with Gasteiger partial charge >= 0.3 is 0 Å². The number of hydrogen-bond donors (Lipinski definition) is 0. The Morgan fingerprint density at radius 1 is 1.00 bits per heavy atom. The lowest BCUT2D eigenvalue weighted by Gasteiger charge is -1.99. The lowest BCUT2D eigenvalue weighted by Crippen LogP contribution is -2.07. The molecule has 74 valence electrons. The molecule has 2 nitrogen and oxygen atoms in total. The van der Waals surface area contributed by atoms with Crippen molar-refractivity contribution in [3.63, 3.8) is 0 Å². The van der Waals surface area contributed by atoms with Crippen LogP contribution in [-0.4, -0.2) is 10.5 Å². The molecule has 0 fully saturated rings. The van der Waals surface area contributed by atoms with Gasteiger partial charge < -0.3 is 0 Å². The summed E-state index contributed by atoms with van der Waals surface area (Å²) in [6, 6.07) is 11.4. The molecule has 2 heteroatoms. The molecule has 0 aromatic carbocycles. The predicted octanol–water partition coefficient (Wildman–Crippen LogP) is 3.05. The average molecular weight is 189 g/mol. The standard InChI is InChI=1S/C12H15NO/c1-2-9-12(14)13-10-7-5-3-4-6-8-11-13/h3-8,10-11H,2,9H2,1H3. The van der Waals surface area contributed by atoms with Crippen LogP contribution >= 0.6 is 0 Å². The molecule has 0 spiro atoms. The second-order valence-corrected chi connectivity index (χ2v) is 3.00. The maximum Gasteiger partial charge on any atom is 0.230 e. The van der Waals surface area contributed by atoms with Crippen LogP contribution < -0.4 is 0 Å². The highest BCUT2D eigenvalue weighted by molar-refractivity contribution is 5.78. The van der Waals surface area contributed by atoms with Gasteiger partial charge in [0.1, 0.15) is 0 Å². The Labute approximate surface area is 84.5 Å². The van der Waals surface area contributed by atoms with E-state index in [1.807, 2.05) is 43.3 Å². The number of aromatic nitrogens is 1. The smallest absolute Gasteiger partial charge is 0.230 e. The summed E-state index contributed by atoms with van der Waals surface area (Å²) in [4.78, 5) is 11.6. The van der Waals surface area contributed by atoms with Crippen LogP contribution in [-0.2, 0) is 0 Å². The van der Waals surface area contributed by atoms with Crippen LogP contribution in [0.15, 0.2) is 48.8 Å². The summed E-state index contributed by atoms with van der Waals surface area (Å²) >= 11 is 0. The van der Waals surface area contributed by atoms with Crippen molar-refractivity contribution in [2.75, 3.05) is 0 Å². The Kier molecular flexibility index (Phi) is 4.48. The zero-order chi connectivity index (χ0) is 10.2. The lowest BCUT2D eigenvalue weighted by atomic mass is 10.3. The highest BCUT2D eigenvalue weighted by Crippen LogP contribution is 1.93. The molecular weight excluding hydrogens is 174 g/mol. The Morgan fingerprint density at radius 3 is 2.00 bits per heavy atom. The van der Waals surface area contributed by atoms with Crippen molar-refractivity contribution in [3.05, 3.63) is 48.8 Å². The molecule has 0 N–H and O–H groups in total. The van der Waals surface area contributed by atoms with Gasteiger partial charge in [0, 0.05) is 18.8 Å². The minimum absolute atomic E-state index is 0.128. The van der Waals surface area contributed by atoms with E-state index >= 15 is 0 Å². The molecule has 0 radical (unpaired) electrons. The molecule has 1 heterocycles. The molecule has 1 aromatic rings. The van der Waals surface area contributed by atoms with Gasteiger partial charge in [-0.05, 0) is 18.6 Å². The van der Waals surface area contributed by atoms with Crippen LogP contribution in [0.1, 0.15) is 24.6 Å². The second kappa shape index (κ2) is 5.97. The van der Waals surface area contributed by atoms with Gasteiger partial charge in [0.15, 0.2) is 0 Å². The maximum atomic E-state index is 11.6. The Morgan fingerprint density at radius 2 is 1.50 bits per heavy atom. The van der Waals surface area contributed by atoms with E-state index in [9.17, 15) is 4.79 Å². The summed E-state index contributed by atoms with van der Waals surface area (Å²) in [5.74, 6) is 0.128. The van der Waals surface area contributed by atoms with Crippen LogP contribution in [0.25, 0.3) is 0 Å². The zero-order valence-corrected chi connectivity index (χ0v) is 8.39. The van der Waals surface area contributed by atoms with Gasteiger partial charge in [-0.2, -0.15) is 0 Å². The van der Waals surface area contributed by atoms with Gasteiger partial charge in [-0.3, -0.25) is 9.36 Å². The van der Waals surface area contributed by atoms with E-state index in [0.717, 1.165) is 6.42 Å². The monoisotopic (exact) mass is 189 g/mol. The third kappa shape index (κ3) is 3.44. The first-order valence-electron chi connectivity index (χ1n) is 4.84. The number of hydrogen-bond acceptors (Lipinski definition) is 1. The molecule has 0 aliphatic heterocycles. The number of carbonyl (C=O) groups is 1. The maximum absolute atomic E-state index is 11.6. The minimum Gasteiger partial charge on any atom is -0.295 e. The van der Waals surface area contributed by atoms with Crippen LogP contribution in [0.4, 0.5) is 0 Å². The lowest BCUT2D eigenvalue weighted by molar-refractivity contribution is 0.0901. The van der Waals surface area contributed by atoms with Gasteiger partial charge in [0.25, 0.3) is 0 Å². The molecule has 1 aromatic heterocycles. The van der Waals surface area contributed by atoms with E-state index in [-0.39, 0.29) is 5.91 Å². The summed E-state index contributed by atoms with van der Waals surface area (Å²) in [5, 5.41) is 0. The van der Waals surface area contributed by atoms with Crippen molar-refractivity contribution in [2.24, 2.45) is 0 Å². The number of rotatable bonds is 2. The number of carbonyl (C=O) groups excluding carboxylic acids is 1. The average Bonchev–Trinajstić information content (AvgIpc) is 2.30. The van der Waals surface area contributed by atoms with Gasteiger partial charge in [-0.15, -0.1) is 0 Å². The van der Waals surface area contributed by atoms with Crippen LogP contribution in [0.3, 0.4) is 0 Å². The molecule has 0 unspecified atom stereocenters. The van der Waals surface area contributed by atoms with Gasteiger partial charge in [0.05, 0.1) is 0 Å². The fourth-order valence-electron chi connectivity index (χ4n) is 1.10. The van der Waals surface area contributed by atoms with Crippen LogP contribution in [0, 0.1) is 0 Å². The fourth-order valence-corrected chi connectivity index (χ4v) is 1.10. The van der Waals surface area contributed by atoms with Gasteiger partial charge in [-0.25, -0.2) is 0 Å². The largest absolute Gasteiger partial charge is 0.295 e. The summed E-state index contributed by atoms with van der Waals surface area (Å²) in [7, 11) is 0. The third-order valence-corrected chi connectivity index (χ3v) is 1.80. The first-order chi connectivity index (χ1) is 6.84. The molecule has 0 aliphatic carbocycles. The summed E-state index contributed by atoms with van der Waals surface area (Å²) in [6.45, 7) is 2.00. The normalized spacial score (nSPS) is 9.21. The van der Waals surface area contributed by atoms with Crippen molar-refractivity contribution in [2.45, 2.75) is 19.8 Å². The molecule has 0 saturated heterocycles. The topological polar surface area (TPSA) is 22.0 Å². The second-order valence-electron chi connectivity index (χ2n) is 3.00.